The lowest BCUT2D eigenvalue weighted by atomic mass is 9.85. The molecule has 150 valence electrons. The van der Waals surface area contributed by atoms with Gasteiger partial charge in [-0.1, -0.05) is 74.9 Å². The number of benzene rings is 3. The number of rotatable bonds is 3. The summed E-state index contributed by atoms with van der Waals surface area (Å²) in [5.41, 5.74) is 8.22. The second kappa shape index (κ2) is 9.69. The van der Waals surface area contributed by atoms with Crippen molar-refractivity contribution < 1.29 is 14.3 Å². The van der Waals surface area contributed by atoms with Gasteiger partial charge in [-0.3, -0.25) is 4.79 Å². The molecule has 4 heteroatoms. The van der Waals surface area contributed by atoms with Gasteiger partial charge in [-0.25, -0.2) is 4.79 Å². The summed E-state index contributed by atoms with van der Waals surface area (Å²) in [6.07, 6.45) is 0. The maximum Gasteiger partial charge on any atom is 0.343 e. The number of carbonyl (C=O) groups excluding carboxylic acids is 2. The van der Waals surface area contributed by atoms with Crippen molar-refractivity contribution in [2.24, 2.45) is 5.73 Å². The molecule has 0 saturated heterocycles. The molecule has 0 aliphatic carbocycles. The summed E-state index contributed by atoms with van der Waals surface area (Å²) < 4.78 is 5.57. The quantitative estimate of drug-likeness (QED) is 0.488. The van der Waals surface area contributed by atoms with Crippen molar-refractivity contribution >= 4 is 11.9 Å². The van der Waals surface area contributed by atoms with Crippen molar-refractivity contribution in [1.82, 2.24) is 0 Å². The summed E-state index contributed by atoms with van der Waals surface area (Å²) in [5, 5.41) is 0. The Kier molecular flexibility index (Phi) is 7.32. The molecule has 0 aliphatic heterocycles. The average Bonchev–Trinajstić information content (AvgIpc) is 2.70. The summed E-state index contributed by atoms with van der Waals surface area (Å²) in [6, 6.07) is 23.7. The monoisotopic (exact) mass is 389 g/mol. The standard InChI is InChI=1S/C18H20O2.C7H7NO/c1-13-10-11-16(15(12-13)18(2,3)4)20-17(19)14-8-6-5-7-9-14;8-7(9)6-4-2-1-3-5-6/h5-12H,1-4H3;1-5H,(H2,8,9). The third-order valence-corrected chi connectivity index (χ3v) is 4.21. The van der Waals surface area contributed by atoms with Gasteiger partial charge in [-0.15, -0.1) is 0 Å². The Bertz CT molecular complexity index is 958. The molecule has 0 aliphatic rings. The molecule has 2 N–H and O–H groups in total. The number of esters is 1. The fourth-order valence-corrected chi connectivity index (χ4v) is 2.65. The van der Waals surface area contributed by atoms with Gasteiger partial charge in [0.05, 0.1) is 5.56 Å². The van der Waals surface area contributed by atoms with Crippen LogP contribution in [0.5, 0.6) is 5.75 Å². The number of carbonyl (C=O) groups is 2. The number of primary amides is 1. The van der Waals surface area contributed by atoms with Gasteiger partial charge in [0.2, 0.25) is 5.91 Å². The van der Waals surface area contributed by atoms with Gasteiger partial charge in [-0.05, 0) is 42.7 Å². The van der Waals surface area contributed by atoms with Crippen LogP contribution < -0.4 is 10.5 Å². The van der Waals surface area contributed by atoms with Crippen LogP contribution in [0.2, 0.25) is 0 Å². The van der Waals surface area contributed by atoms with Crippen LogP contribution in [0, 0.1) is 6.92 Å². The molecule has 0 unspecified atom stereocenters. The summed E-state index contributed by atoms with van der Waals surface area (Å²) in [7, 11) is 0. The molecule has 0 saturated carbocycles. The van der Waals surface area contributed by atoms with Crippen LogP contribution in [0.15, 0.2) is 78.9 Å². The maximum absolute atomic E-state index is 12.2. The first-order chi connectivity index (χ1) is 13.7. The Balaban J connectivity index is 0.000000278. The molecule has 0 fully saturated rings. The lowest BCUT2D eigenvalue weighted by Gasteiger charge is -2.22. The Labute approximate surface area is 172 Å². The molecule has 29 heavy (non-hydrogen) atoms. The van der Waals surface area contributed by atoms with E-state index in [4.69, 9.17) is 10.5 Å². The van der Waals surface area contributed by atoms with E-state index in [1.165, 1.54) is 0 Å². The summed E-state index contributed by atoms with van der Waals surface area (Å²) in [6.45, 7) is 8.38. The number of hydrogen-bond acceptors (Lipinski definition) is 3. The summed E-state index contributed by atoms with van der Waals surface area (Å²) >= 11 is 0. The predicted molar refractivity (Wildman–Crippen MR) is 116 cm³/mol. The number of nitrogens with two attached hydrogens (primary N) is 1. The maximum atomic E-state index is 12.2. The largest absolute Gasteiger partial charge is 0.423 e. The van der Waals surface area contributed by atoms with E-state index in [9.17, 15) is 9.59 Å². The minimum absolute atomic E-state index is 0.0711. The number of ether oxygens (including phenoxy) is 1. The Morgan fingerprint density at radius 3 is 1.76 bits per heavy atom. The van der Waals surface area contributed by atoms with Crippen molar-refractivity contribution in [2.45, 2.75) is 33.1 Å². The van der Waals surface area contributed by atoms with Gasteiger partial charge in [-0.2, -0.15) is 0 Å². The molecule has 0 heterocycles. The fraction of sp³-hybridized carbons (Fsp3) is 0.200. The molecule has 0 atom stereocenters. The zero-order valence-electron chi connectivity index (χ0n) is 17.3. The first-order valence-electron chi connectivity index (χ1n) is 9.41. The normalized spacial score (nSPS) is 10.5. The van der Waals surface area contributed by atoms with E-state index < -0.39 is 0 Å². The van der Waals surface area contributed by atoms with E-state index in [0.29, 0.717) is 16.9 Å². The molecular weight excluding hydrogens is 362 g/mol. The molecule has 3 rings (SSSR count). The number of amides is 1. The lowest BCUT2D eigenvalue weighted by molar-refractivity contribution is 0.0731. The third kappa shape index (κ3) is 6.61. The molecule has 0 bridgehead atoms. The highest BCUT2D eigenvalue weighted by Crippen LogP contribution is 2.32. The van der Waals surface area contributed by atoms with E-state index in [2.05, 4.69) is 26.8 Å². The van der Waals surface area contributed by atoms with Crippen molar-refractivity contribution in [3.05, 3.63) is 101 Å². The van der Waals surface area contributed by atoms with Crippen molar-refractivity contribution in [2.75, 3.05) is 0 Å². The molecule has 1 amide bonds. The van der Waals surface area contributed by atoms with E-state index in [1.807, 2.05) is 43.3 Å². The SMILES string of the molecule is Cc1ccc(OC(=O)c2ccccc2)c(C(C)(C)C)c1.NC(=O)c1ccccc1. The molecule has 0 radical (unpaired) electrons. The van der Waals surface area contributed by atoms with Crippen LogP contribution in [0.3, 0.4) is 0 Å². The first kappa shape index (κ1) is 21.9. The molecule has 4 nitrogen and oxygen atoms in total. The smallest absolute Gasteiger partial charge is 0.343 e. The van der Waals surface area contributed by atoms with E-state index in [-0.39, 0.29) is 17.3 Å². The zero-order valence-corrected chi connectivity index (χ0v) is 17.3. The number of hydrogen-bond donors (Lipinski definition) is 1. The fourth-order valence-electron chi connectivity index (χ4n) is 2.65. The van der Waals surface area contributed by atoms with Crippen LogP contribution in [-0.4, -0.2) is 11.9 Å². The Morgan fingerprint density at radius 2 is 1.31 bits per heavy atom. The van der Waals surface area contributed by atoms with Crippen molar-refractivity contribution in [3.8, 4) is 5.75 Å². The van der Waals surface area contributed by atoms with Crippen LogP contribution in [0.4, 0.5) is 0 Å². The molecule has 3 aromatic carbocycles. The second-order valence-corrected chi connectivity index (χ2v) is 7.74. The van der Waals surface area contributed by atoms with E-state index >= 15 is 0 Å². The van der Waals surface area contributed by atoms with E-state index in [1.54, 1.807) is 36.4 Å². The van der Waals surface area contributed by atoms with Gasteiger partial charge in [0, 0.05) is 11.1 Å². The minimum atomic E-state index is -0.379. The molecule has 0 spiro atoms. The Hall–Kier alpha value is -3.40. The minimum Gasteiger partial charge on any atom is -0.423 e. The highest BCUT2D eigenvalue weighted by Gasteiger charge is 2.21. The molecule has 0 aromatic heterocycles. The molecule has 3 aromatic rings. The van der Waals surface area contributed by atoms with Crippen LogP contribution >= 0.6 is 0 Å². The zero-order chi connectivity index (χ0) is 21.4. The lowest BCUT2D eigenvalue weighted by Crippen LogP contribution is -2.16. The topological polar surface area (TPSA) is 69.4 Å². The average molecular weight is 389 g/mol. The molecular formula is C25H27NO3. The third-order valence-electron chi connectivity index (χ3n) is 4.21. The van der Waals surface area contributed by atoms with Gasteiger partial charge in [0.1, 0.15) is 5.75 Å². The van der Waals surface area contributed by atoms with Crippen LogP contribution in [0.25, 0.3) is 0 Å². The highest BCUT2D eigenvalue weighted by atomic mass is 16.5. The summed E-state index contributed by atoms with van der Waals surface area (Å²) in [5.74, 6) is -0.0625. The Morgan fingerprint density at radius 1 is 0.793 bits per heavy atom. The van der Waals surface area contributed by atoms with Gasteiger partial charge in [0.25, 0.3) is 0 Å². The van der Waals surface area contributed by atoms with Gasteiger partial charge >= 0.3 is 5.97 Å². The predicted octanol–water partition coefficient (Wildman–Crippen LogP) is 5.30. The van der Waals surface area contributed by atoms with Crippen LogP contribution in [-0.2, 0) is 5.41 Å². The van der Waals surface area contributed by atoms with Crippen LogP contribution in [0.1, 0.15) is 52.6 Å². The van der Waals surface area contributed by atoms with Gasteiger partial charge < -0.3 is 10.5 Å². The first-order valence-corrected chi connectivity index (χ1v) is 9.41. The van der Waals surface area contributed by atoms with Crippen molar-refractivity contribution in [3.63, 3.8) is 0 Å². The van der Waals surface area contributed by atoms with Crippen molar-refractivity contribution in [1.29, 1.82) is 0 Å². The van der Waals surface area contributed by atoms with Gasteiger partial charge in [0.15, 0.2) is 0 Å². The highest BCUT2D eigenvalue weighted by molar-refractivity contribution is 5.92. The van der Waals surface area contributed by atoms with E-state index in [0.717, 1.165) is 11.1 Å². The summed E-state index contributed by atoms with van der Waals surface area (Å²) in [4.78, 5) is 22.6. The number of aryl methyl sites for hydroxylation is 1. The second-order valence-electron chi connectivity index (χ2n) is 7.74.